The predicted molar refractivity (Wildman–Crippen MR) is 94.9 cm³/mol. The van der Waals surface area contributed by atoms with E-state index in [4.69, 9.17) is 16.0 Å². The molecule has 0 amide bonds. The van der Waals surface area contributed by atoms with Gasteiger partial charge in [-0.1, -0.05) is 0 Å². The molecule has 0 heterocycles. The Balaban J connectivity index is 2.67. The standard InChI is InChI=1S/C11H20AsN3O3S3/c13-5-7-19-12(20-8-6-14)10-1-3-11(4-2-10)15-9-21(16,17)18/h1-4,15H,5-9,13-14H2,(H,16,17,18). The van der Waals surface area contributed by atoms with Crippen LogP contribution < -0.4 is 21.1 Å². The minimum atomic E-state index is -4.01. The normalized spacial score (nSPS) is 11.8. The van der Waals surface area contributed by atoms with E-state index >= 15 is 0 Å². The van der Waals surface area contributed by atoms with Gasteiger partial charge in [0.25, 0.3) is 0 Å². The molecule has 120 valence electrons. The number of hydrogen-bond acceptors (Lipinski definition) is 7. The molecule has 0 fully saturated rings. The minimum absolute atomic E-state index is 0.488. The Morgan fingerprint density at radius 2 is 1.62 bits per heavy atom. The Morgan fingerprint density at radius 3 is 2.05 bits per heavy atom. The molecule has 0 atom stereocenters. The molecular formula is C11H20AsN3O3S3. The summed E-state index contributed by atoms with van der Waals surface area (Å²) in [5, 5.41) is 2.66. The second-order valence-electron chi connectivity index (χ2n) is 3.95. The van der Waals surface area contributed by atoms with E-state index in [-0.39, 0.29) is 0 Å². The van der Waals surface area contributed by atoms with Crippen molar-refractivity contribution in [1.29, 1.82) is 0 Å². The Bertz CT molecular complexity index is 505. The number of rotatable bonds is 10. The second kappa shape index (κ2) is 9.99. The second-order valence-corrected chi connectivity index (χ2v) is 17.1. The van der Waals surface area contributed by atoms with Crippen molar-refractivity contribution in [3.63, 3.8) is 0 Å². The zero-order valence-electron chi connectivity index (χ0n) is 11.4. The molecule has 10 heteroatoms. The van der Waals surface area contributed by atoms with Crippen LogP contribution in [-0.2, 0) is 10.1 Å². The molecule has 1 rings (SSSR count). The van der Waals surface area contributed by atoms with Gasteiger partial charge < -0.3 is 0 Å². The fourth-order valence-corrected chi connectivity index (χ4v) is 13.9. The van der Waals surface area contributed by atoms with Gasteiger partial charge in [-0.05, 0) is 0 Å². The molecule has 0 spiro atoms. The Kier molecular flexibility index (Phi) is 9.11. The zero-order chi connectivity index (χ0) is 15.7. The van der Waals surface area contributed by atoms with Crippen molar-refractivity contribution in [3.05, 3.63) is 24.3 Å². The number of anilines is 1. The Labute approximate surface area is 136 Å². The van der Waals surface area contributed by atoms with Crippen molar-refractivity contribution in [2.75, 3.05) is 35.8 Å². The average molecular weight is 413 g/mol. The number of hydrogen-bond donors (Lipinski definition) is 4. The Morgan fingerprint density at radius 1 is 1.10 bits per heavy atom. The average Bonchev–Trinajstić information content (AvgIpc) is 2.45. The van der Waals surface area contributed by atoms with Crippen LogP contribution in [0.25, 0.3) is 0 Å². The van der Waals surface area contributed by atoms with E-state index in [1.54, 1.807) is 0 Å². The molecule has 0 aliphatic carbocycles. The summed E-state index contributed by atoms with van der Waals surface area (Å²) < 4.78 is 31.3. The topological polar surface area (TPSA) is 118 Å². The first kappa shape index (κ1) is 19.2. The molecular weight excluding hydrogens is 393 g/mol. The van der Waals surface area contributed by atoms with Crippen molar-refractivity contribution in [2.45, 2.75) is 0 Å². The van der Waals surface area contributed by atoms with Gasteiger partial charge >= 0.3 is 137 Å². The van der Waals surface area contributed by atoms with Crippen LogP contribution in [0, 0.1) is 0 Å². The first-order chi connectivity index (χ1) is 9.96. The molecule has 0 radical (unpaired) electrons. The molecule has 21 heavy (non-hydrogen) atoms. The predicted octanol–water partition coefficient (Wildman–Crippen LogP) is 0.0228. The van der Waals surface area contributed by atoms with E-state index in [1.165, 1.54) is 4.35 Å². The third kappa shape index (κ3) is 8.35. The third-order valence-electron chi connectivity index (χ3n) is 2.19. The van der Waals surface area contributed by atoms with E-state index < -0.39 is 28.3 Å². The van der Waals surface area contributed by atoms with Gasteiger partial charge in [0.2, 0.25) is 0 Å². The summed E-state index contributed by atoms with van der Waals surface area (Å²) in [4.78, 5) is 0. The summed E-state index contributed by atoms with van der Waals surface area (Å²) in [7, 11) is -0.191. The molecule has 0 bridgehead atoms. The summed E-state index contributed by atoms with van der Waals surface area (Å²) in [6.07, 6.45) is 0. The van der Waals surface area contributed by atoms with Crippen LogP contribution in [0.5, 0.6) is 0 Å². The summed E-state index contributed by atoms with van der Waals surface area (Å²) in [6.45, 7) is 1.32. The molecule has 0 unspecified atom stereocenters. The first-order valence-corrected chi connectivity index (χ1v) is 15.2. The fraction of sp³-hybridized carbons (Fsp3) is 0.455. The molecule has 0 aliphatic heterocycles. The van der Waals surface area contributed by atoms with E-state index in [9.17, 15) is 8.42 Å². The summed E-state index contributed by atoms with van der Waals surface area (Å²) in [5.74, 6) is 1.37. The maximum absolute atomic E-state index is 10.7. The number of nitrogens with one attached hydrogen (secondary N) is 1. The van der Waals surface area contributed by atoms with Crippen molar-refractivity contribution < 1.29 is 13.0 Å². The molecule has 0 aliphatic rings. The van der Waals surface area contributed by atoms with Crippen LogP contribution in [0.1, 0.15) is 0 Å². The van der Waals surface area contributed by atoms with Crippen LogP contribution in [-0.4, -0.2) is 55.8 Å². The molecule has 0 saturated carbocycles. The van der Waals surface area contributed by atoms with Gasteiger partial charge in [0.05, 0.1) is 0 Å². The van der Waals surface area contributed by atoms with Gasteiger partial charge in [-0.2, -0.15) is 0 Å². The van der Waals surface area contributed by atoms with Crippen LogP contribution in [0.3, 0.4) is 0 Å². The molecule has 6 nitrogen and oxygen atoms in total. The number of nitrogens with two attached hydrogens (primary N) is 2. The van der Waals surface area contributed by atoms with Gasteiger partial charge in [0.1, 0.15) is 0 Å². The van der Waals surface area contributed by atoms with Crippen molar-refractivity contribution in [2.24, 2.45) is 11.5 Å². The fourth-order valence-electron chi connectivity index (χ4n) is 1.33. The monoisotopic (exact) mass is 413 g/mol. The van der Waals surface area contributed by atoms with Crippen LogP contribution in [0.4, 0.5) is 5.69 Å². The molecule has 0 saturated heterocycles. The van der Waals surface area contributed by atoms with Gasteiger partial charge in [-0.15, -0.1) is 0 Å². The third-order valence-corrected chi connectivity index (χ3v) is 16.2. The molecule has 0 aromatic heterocycles. The van der Waals surface area contributed by atoms with Gasteiger partial charge in [-0.3, -0.25) is 0 Å². The summed E-state index contributed by atoms with van der Waals surface area (Å²) in [6, 6.07) is 7.65. The van der Waals surface area contributed by atoms with Crippen LogP contribution in [0.15, 0.2) is 24.3 Å². The van der Waals surface area contributed by atoms with E-state index in [1.807, 2.05) is 44.3 Å². The van der Waals surface area contributed by atoms with Crippen molar-refractivity contribution in [3.8, 4) is 0 Å². The Hall–Kier alpha value is 0.108. The van der Waals surface area contributed by atoms with Gasteiger partial charge in [-0.25, -0.2) is 0 Å². The van der Waals surface area contributed by atoms with Gasteiger partial charge in [0, 0.05) is 0 Å². The van der Waals surface area contributed by atoms with Crippen LogP contribution >= 0.6 is 20.0 Å². The van der Waals surface area contributed by atoms with E-state index in [0.29, 0.717) is 18.8 Å². The summed E-state index contributed by atoms with van der Waals surface area (Å²) >= 11 is -1.30. The van der Waals surface area contributed by atoms with Crippen molar-refractivity contribution in [1.82, 2.24) is 0 Å². The quantitative estimate of drug-likeness (QED) is 0.313. The number of benzene rings is 1. The van der Waals surface area contributed by atoms with Crippen LogP contribution in [0.2, 0.25) is 0 Å². The maximum atomic E-state index is 10.7. The molecule has 1 aromatic carbocycles. The van der Waals surface area contributed by atoms with E-state index in [0.717, 1.165) is 11.5 Å². The zero-order valence-corrected chi connectivity index (χ0v) is 15.8. The van der Waals surface area contributed by atoms with E-state index in [2.05, 4.69) is 5.32 Å². The van der Waals surface area contributed by atoms with Crippen molar-refractivity contribution >= 4 is 52.5 Å². The SMILES string of the molecule is NCCS[As](SCCN)c1ccc(NCS(=O)(=O)O)cc1. The molecule has 6 N–H and O–H groups in total. The van der Waals surface area contributed by atoms with Gasteiger partial charge in [0.15, 0.2) is 0 Å². The molecule has 1 aromatic rings. The first-order valence-electron chi connectivity index (χ1n) is 6.21. The summed E-state index contributed by atoms with van der Waals surface area (Å²) in [5.41, 5.74) is 11.8.